The second-order valence-corrected chi connectivity index (χ2v) is 6.97. The van der Waals surface area contributed by atoms with Crippen LogP contribution >= 0.6 is 0 Å². The molecule has 3 aromatic carbocycles. The van der Waals surface area contributed by atoms with Crippen LogP contribution in [0.2, 0.25) is 0 Å². The summed E-state index contributed by atoms with van der Waals surface area (Å²) in [6, 6.07) is 24.3. The van der Waals surface area contributed by atoms with Crippen molar-refractivity contribution in [1.29, 1.82) is 0 Å². The zero-order valence-electron chi connectivity index (χ0n) is 15.8. The molecule has 4 heteroatoms. The lowest BCUT2D eigenvalue weighted by atomic mass is 9.98. The zero-order chi connectivity index (χ0) is 19.3. The van der Waals surface area contributed by atoms with Crippen LogP contribution in [0.3, 0.4) is 0 Å². The maximum absolute atomic E-state index is 13.1. The molecular formula is C24H24N2O2. The molecule has 0 spiro atoms. The van der Waals surface area contributed by atoms with E-state index < -0.39 is 0 Å². The third-order valence-electron chi connectivity index (χ3n) is 5.18. The Hall–Kier alpha value is -2.95. The van der Waals surface area contributed by atoms with Crippen LogP contribution < -0.4 is 10.2 Å². The number of fused-ring (bicyclic) bond motifs is 1. The Morgan fingerprint density at radius 2 is 1.75 bits per heavy atom. The fraction of sp³-hybridized carbons (Fsp3) is 0.208. The molecule has 2 N–H and O–H groups in total. The van der Waals surface area contributed by atoms with Gasteiger partial charge in [0.2, 0.25) is 0 Å². The zero-order valence-corrected chi connectivity index (χ0v) is 15.8. The third kappa shape index (κ3) is 3.70. The smallest absolute Gasteiger partial charge is 0.258 e. The first-order chi connectivity index (χ1) is 13.8. The molecule has 28 heavy (non-hydrogen) atoms. The van der Waals surface area contributed by atoms with Gasteiger partial charge in [-0.25, -0.2) is 0 Å². The van der Waals surface area contributed by atoms with Crippen molar-refractivity contribution in [2.24, 2.45) is 0 Å². The molecule has 0 aromatic heterocycles. The molecule has 4 nitrogen and oxygen atoms in total. The summed E-state index contributed by atoms with van der Waals surface area (Å²) in [6.45, 7) is 2.07. The van der Waals surface area contributed by atoms with Gasteiger partial charge in [-0.3, -0.25) is 4.79 Å². The van der Waals surface area contributed by atoms with E-state index in [0.717, 1.165) is 17.7 Å². The Morgan fingerprint density at radius 3 is 2.50 bits per heavy atom. The van der Waals surface area contributed by atoms with Gasteiger partial charge in [0.15, 0.2) is 0 Å². The highest BCUT2D eigenvalue weighted by molar-refractivity contribution is 6.07. The largest absolute Gasteiger partial charge is 0.395 e. The Morgan fingerprint density at radius 1 is 0.964 bits per heavy atom. The number of aliphatic hydroxyl groups is 1. The second kappa shape index (κ2) is 8.38. The van der Waals surface area contributed by atoms with Crippen molar-refractivity contribution in [3.8, 4) is 11.1 Å². The number of aliphatic hydroxyl groups excluding tert-OH is 1. The Bertz CT molecular complexity index is 952. The van der Waals surface area contributed by atoms with Gasteiger partial charge >= 0.3 is 0 Å². The van der Waals surface area contributed by atoms with Crippen LogP contribution in [0.15, 0.2) is 72.8 Å². The number of hydrogen-bond acceptors (Lipinski definition) is 3. The molecule has 0 aliphatic carbocycles. The lowest BCUT2D eigenvalue weighted by Gasteiger charge is -2.18. The van der Waals surface area contributed by atoms with E-state index in [4.69, 9.17) is 5.11 Å². The summed E-state index contributed by atoms with van der Waals surface area (Å²) in [4.78, 5) is 15.0. The number of benzene rings is 3. The Labute approximate surface area is 165 Å². The summed E-state index contributed by atoms with van der Waals surface area (Å²) in [5.74, 6) is 0.0406. The van der Waals surface area contributed by atoms with Crippen LogP contribution in [0.1, 0.15) is 21.5 Å². The lowest BCUT2D eigenvalue weighted by molar-refractivity contribution is 0.0989. The molecule has 0 atom stereocenters. The van der Waals surface area contributed by atoms with Crippen molar-refractivity contribution >= 4 is 11.6 Å². The molecule has 142 valence electrons. The van der Waals surface area contributed by atoms with Crippen LogP contribution in [0.5, 0.6) is 0 Å². The number of carbonyl (C=O) groups is 1. The monoisotopic (exact) mass is 372 g/mol. The lowest BCUT2D eigenvalue weighted by Crippen LogP contribution is -2.28. The maximum atomic E-state index is 13.1. The molecule has 0 fully saturated rings. The van der Waals surface area contributed by atoms with Crippen LogP contribution in [-0.2, 0) is 13.0 Å². The Balaban J connectivity index is 1.55. The molecule has 1 heterocycles. The van der Waals surface area contributed by atoms with Crippen LogP contribution in [0, 0.1) is 0 Å². The van der Waals surface area contributed by atoms with E-state index in [1.165, 1.54) is 16.7 Å². The summed E-state index contributed by atoms with van der Waals surface area (Å²) < 4.78 is 0. The van der Waals surface area contributed by atoms with Crippen molar-refractivity contribution < 1.29 is 9.90 Å². The highest BCUT2D eigenvalue weighted by Gasteiger charge is 2.27. The first-order valence-corrected chi connectivity index (χ1v) is 9.67. The molecule has 1 amide bonds. The molecule has 3 aromatic rings. The van der Waals surface area contributed by atoms with Gasteiger partial charge in [-0.15, -0.1) is 0 Å². The molecule has 0 unspecified atom stereocenters. The van der Waals surface area contributed by atoms with Gasteiger partial charge in [0.05, 0.1) is 6.61 Å². The maximum Gasteiger partial charge on any atom is 0.258 e. The van der Waals surface area contributed by atoms with Crippen molar-refractivity contribution in [1.82, 2.24) is 5.32 Å². The Kier molecular flexibility index (Phi) is 5.51. The van der Waals surface area contributed by atoms with Gasteiger partial charge in [0.1, 0.15) is 0 Å². The van der Waals surface area contributed by atoms with E-state index in [-0.39, 0.29) is 12.5 Å². The highest BCUT2D eigenvalue weighted by Crippen LogP contribution is 2.36. The minimum atomic E-state index is 0.0406. The van der Waals surface area contributed by atoms with E-state index in [1.54, 1.807) is 0 Å². The van der Waals surface area contributed by atoms with Gasteiger partial charge < -0.3 is 15.3 Å². The number of carbonyl (C=O) groups excluding carboxylic acids is 1. The fourth-order valence-corrected chi connectivity index (χ4v) is 3.77. The first-order valence-electron chi connectivity index (χ1n) is 9.67. The van der Waals surface area contributed by atoms with E-state index >= 15 is 0 Å². The SMILES string of the molecule is O=C(c1ccc(CNCCO)cc1)N1CCc2c(-c3ccccc3)cccc21. The predicted octanol–water partition coefficient (Wildman–Crippen LogP) is 3.64. The first kappa shape index (κ1) is 18.4. The fourth-order valence-electron chi connectivity index (χ4n) is 3.77. The number of hydrogen-bond donors (Lipinski definition) is 2. The summed E-state index contributed by atoms with van der Waals surface area (Å²) in [7, 11) is 0. The second-order valence-electron chi connectivity index (χ2n) is 6.97. The average molecular weight is 372 g/mol. The summed E-state index contributed by atoms with van der Waals surface area (Å²) in [6.07, 6.45) is 0.870. The van der Waals surface area contributed by atoms with Crippen molar-refractivity contribution in [3.05, 3.63) is 89.5 Å². The van der Waals surface area contributed by atoms with Crippen LogP contribution in [0.25, 0.3) is 11.1 Å². The van der Waals surface area contributed by atoms with E-state index in [2.05, 4.69) is 23.5 Å². The number of rotatable bonds is 6. The van der Waals surface area contributed by atoms with E-state index in [9.17, 15) is 4.79 Å². The molecule has 0 saturated carbocycles. The summed E-state index contributed by atoms with van der Waals surface area (Å²) >= 11 is 0. The summed E-state index contributed by atoms with van der Waals surface area (Å²) in [5.41, 5.74) is 6.45. The van der Waals surface area contributed by atoms with Crippen LogP contribution in [0.4, 0.5) is 5.69 Å². The number of amides is 1. The molecular weight excluding hydrogens is 348 g/mol. The molecule has 1 aliphatic rings. The molecule has 0 saturated heterocycles. The normalized spacial score (nSPS) is 12.8. The minimum Gasteiger partial charge on any atom is -0.395 e. The minimum absolute atomic E-state index is 0.0406. The van der Waals surface area contributed by atoms with Gasteiger partial charge in [-0.2, -0.15) is 0 Å². The molecule has 0 radical (unpaired) electrons. The van der Waals surface area contributed by atoms with Crippen LogP contribution in [-0.4, -0.2) is 30.7 Å². The summed E-state index contributed by atoms with van der Waals surface area (Å²) in [5, 5.41) is 12.0. The number of anilines is 1. The van der Waals surface area contributed by atoms with Gasteiger partial charge in [-0.05, 0) is 46.9 Å². The number of nitrogens with one attached hydrogen (secondary N) is 1. The average Bonchev–Trinajstić information content (AvgIpc) is 3.19. The number of nitrogens with zero attached hydrogens (tertiary/aromatic N) is 1. The molecule has 1 aliphatic heterocycles. The topological polar surface area (TPSA) is 52.6 Å². The third-order valence-corrected chi connectivity index (χ3v) is 5.18. The van der Waals surface area contributed by atoms with E-state index in [1.807, 2.05) is 59.5 Å². The van der Waals surface area contributed by atoms with Crippen molar-refractivity contribution in [2.75, 3.05) is 24.6 Å². The quantitative estimate of drug-likeness (QED) is 0.650. The van der Waals surface area contributed by atoms with E-state index in [0.29, 0.717) is 25.2 Å². The standard InChI is InChI=1S/C24H24N2O2/c27-16-14-25-17-18-9-11-20(12-10-18)24(28)26-15-13-22-21(7-4-8-23(22)26)19-5-2-1-3-6-19/h1-12,25,27H,13-17H2. The van der Waals surface area contributed by atoms with Crippen molar-refractivity contribution in [3.63, 3.8) is 0 Å². The predicted molar refractivity (Wildman–Crippen MR) is 112 cm³/mol. The van der Waals surface area contributed by atoms with Gasteiger partial charge in [0.25, 0.3) is 5.91 Å². The van der Waals surface area contributed by atoms with Gasteiger partial charge in [0, 0.05) is 30.9 Å². The van der Waals surface area contributed by atoms with Gasteiger partial charge in [-0.1, -0.05) is 54.6 Å². The molecule has 4 rings (SSSR count). The molecule has 0 bridgehead atoms. The van der Waals surface area contributed by atoms with Crippen molar-refractivity contribution in [2.45, 2.75) is 13.0 Å². The highest BCUT2D eigenvalue weighted by atomic mass is 16.3.